The standard InChI is InChI=1S/C19H20ClNO3S/c1-13-5-3-4-6-14(13)7-10-19(22)21(2)17-12-25(23,24)18-9-8-15(20)11-16(17)18/h3-6,8-9,11,17H,7,10,12H2,1-2H3. The van der Waals surface area contributed by atoms with E-state index in [1.165, 1.54) is 11.0 Å². The molecule has 0 aliphatic carbocycles. The van der Waals surface area contributed by atoms with Gasteiger partial charge in [-0.1, -0.05) is 35.9 Å². The van der Waals surface area contributed by atoms with Crippen LogP contribution in [0.4, 0.5) is 0 Å². The quantitative estimate of drug-likeness (QED) is 0.818. The molecule has 0 saturated carbocycles. The van der Waals surface area contributed by atoms with E-state index in [2.05, 4.69) is 0 Å². The maximum absolute atomic E-state index is 12.6. The van der Waals surface area contributed by atoms with Gasteiger partial charge in [0.1, 0.15) is 0 Å². The van der Waals surface area contributed by atoms with E-state index in [0.717, 1.165) is 11.1 Å². The Morgan fingerprint density at radius 1 is 1.24 bits per heavy atom. The van der Waals surface area contributed by atoms with Gasteiger partial charge in [0.2, 0.25) is 5.91 Å². The lowest BCUT2D eigenvalue weighted by molar-refractivity contribution is -0.131. The third kappa shape index (κ3) is 3.58. The van der Waals surface area contributed by atoms with Gasteiger partial charge in [-0.05, 0) is 48.2 Å². The maximum atomic E-state index is 12.6. The zero-order valence-electron chi connectivity index (χ0n) is 14.2. The van der Waals surface area contributed by atoms with Crippen LogP contribution in [0.1, 0.15) is 29.2 Å². The van der Waals surface area contributed by atoms with Crippen molar-refractivity contribution in [3.05, 3.63) is 64.2 Å². The number of carbonyl (C=O) groups is 1. The van der Waals surface area contributed by atoms with Gasteiger partial charge in [-0.25, -0.2) is 8.42 Å². The first kappa shape index (κ1) is 18.0. The molecule has 1 aliphatic heterocycles. The lowest BCUT2D eigenvalue weighted by Gasteiger charge is -2.24. The third-order valence-electron chi connectivity index (χ3n) is 4.77. The molecule has 6 heteroatoms. The van der Waals surface area contributed by atoms with E-state index in [-0.39, 0.29) is 16.6 Å². The molecule has 0 bridgehead atoms. The fourth-order valence-corrected chi connectivity index (χ4v) is 5.26. The van der Waals surface area contributed by atoms with Gasteiger partial charge in [-0.15, -0.1) is 0 Å². The van der Waals surface area contributed by atoms with Crippen LogP contribution in [-0.4, -0.2) is 32.0 Å². The minimum atomic E-state index is -3.38. The van der Waals surface area contributed by atoms with Crippen LogP contribution < -0.4 is 0 Å². The SMILES string of the molecule is Cc1ccccc1CCC(=O)N(C)C1CS(=O)(=O)c2ccc(Cl)cc21. The predicted molar refractivity (Wildman–Crippen MR) is 98.5 cm³/mol. The largest absolute Gasteiger partial charge is 0.338 e. The minimum Gasteiger partial charge on any atom is -0.338 e. The smallest absolute Gasteiger partial charge is 0.223 e. The molecule has 0 aromatic heterocycles. The molecule has 25 heavy (non-hydrogen) atoms. The highest BCUT2D eigenvalue weighted by Gasteiger charge is 2.38. The Morgan fingerprint density at radius 2 is 1.96 bits per heavy atom. The summed E-state index contributed by atoms with van der Waals surface area (Å²) in [6, 6.07) is 12.2. The molecule has 0 radical (unpaired) electrons. The average molecular weight is 378 g/mol. The number of hydrogen-bond donors (Lipinski definition) is 0. The first-order chi connectivity index (χ1) is 11.8. The first-order valence-corrected chi connectivity index (χ1v) is 10.1. The fraction of sp³-hybridized carbons (Fsp3) is 0.316. The van der Waals surface area contributed by atoms with Crippen molar-refractivity contribution in [1.29, 1.82) is 0 Å². The molecule has 132 valence electrons. The van der Waals surface area contributed by atoms with Crippen LogP contribution in [0.5, 0.6) is 0 Å². The van der Waals surface area contributed by atoms with Gasteiger partial charge in [0.25, 0.3) is 0 Å². The van der Waals surface area contributed by atoms with Crippen molar-refractivity contribution in [1.82, 2.24) is 4.90 Å². The van der Waals surface area contributed by atoms with Crippen LogP contribution in [0.25, 0.3) is 0 Å². The lowest BCUT2D eigenvalue weighted by Crippen LogP contribution is -2.32. The van der Waals surface area contributed by atoms with E-state index >= 15 is 0 Å². The van der Waals surface area contributed by atoms with Crippen molar-refractivity contribution in [2.75, 3.05) is 12.8 Å². The number of aryl methyl sites for hydroxylation is 2. The van der Waals surface area contributed by atoms with Gasteiger partial charge < -0.3 is 4.90 Å². The number of halogens is 1. The molecule has 1 amide bonds. The van der Waals surface area contributed by atoms with Gasteiger partial charge in [0.15, 0.2) is 9.84 Å². The van der Waals surface area contributed by atoms with E-state index in [9.17, 15) is 13.2 Å². The van der Waals surface area contributed by atoms with Crippen molar-refractivity contribution >= 4 is 27.3 Å². The van der Waals surface area contributed by atoms with Crippen LogP contribution in [-0.2, 0) is 21.1 Å². The number of carbonyl (C=O) groups excluding carboxylic acids is 1. The Kier molecular flexibility index (Phi) is 4.89. The van der Waals surface area contributed by atoms with E-state index < -0.39 is 15.9 Å². The van der Waals surface area contributed by atoms with Gasteiger partial charge >= 0.3 is 0 Å². The number of fused-ring (bicyclic) bond motifs is 1. The van der Waals surface area contributed by atoms with Crippen LogP contribution in [0, 0.1) is 6.92 Å². The summed E-state index contributed by atoms with van der Waals surface area (Å²) in [4.78, 5) is 14.4. The molecule has 3 rings (SSSR count). The van der Waals surface area contributed by atoms with Crippen molar-refractivity contribution in [3.8, 4) is 0 Å². The summed E-state index contributed by atoms with van der Waals surface area (Å²) in [6.07, 6.45) is 0.978. The summed E-state index contributed by atoms with van der Waals surface area (Å²) in [7, 11) is -1.71. The third-order valence-corrected chi connectivity index (χ3v) is 6.81. The van der Waals surface area contributed by atoms with Gasteiger partial charge in [0, 0.05) is 18.5 Å². The Hall–Kier alpha value is -1.85. The highest BCUT2D eigenvalue weighted by atomic mass is 35.5. The van der Waals surface area contributed by atoms with E-state index in [1.54, 1.807) is 19.2 Å². The second-order valence-electron chi connectivity index (χ2n) is 6.41. The number of hydrogen-bond acceptors (Lipinski definition) is 3. The number of nitrogens with zero attached hydrogens (tertiary/aromatic N) is 1. The molecule has 0 saturated heterocycles. The van der Waals surface area contributed by atoms with Gasteiger partial charge in [-0.2, -0.15) is 0 Å². The Labute approximate surface area is 153 Å². The molecule has 0 fully saturated rings. The molecule has 4 nitrogen and oxygen atoms in total. The van der Waals surface area contributed by atoms with E-state index in [4.69, 9.17) is 11.6 Å². The van der Waals surface area contributed by atoms with E-state index in [1.807, 2.05) is 31.2 Å². The van der Waals surface area contributed by atoms with Gasteiger partial charge in [0.05, 0.1) is 16.7 Å². The number of rotatable bonds is 4. The normalized spacial score (nSPS) is 18.0. The topological polar surface area (TPSA) is 54.5 Å². The molecular weight excluding hydrogens is 358 g/mol. The number of benzene rings is 2. The second-order valence-corrected chi connectivity index (χ2v) is 8.85. The fourth-order valence-electron chi connectivity index (χ4n) is 3.25. The Morgan fingerprint density at radius 3 is 2.68 bits per heavy atom. The van der Waals surface area contributed by atoms with E-state index in [0.29, 0.717) is 23.4 Å². The summed E-state index contributed by atoms with van der Waals surface area (Å²) in [5.74, 6) is -0.161. The van der Waals surface area contributed by atoms with Gasteiger partial charge in [-0.3, -0.25) is 4.79 Å². The maximum Gasteiger partial charge on any atom is 0.223 e. The molecule has 0 spiro atoms. The van der Waals surface area contributed by atoms with Crippen LogP contribution in [0.15, 0.2) is 47.4 Å². The lowest BCUT2D eigenvalue weighted by atomic mass is 10.0. The summed E-state index contributed by atoms with van der Waals surface area (Å²) in [5.41, 5.74) is 2.89. The molecule has 0 N–H and O–H groups in total. The predicted octanol–water partition coefficient (Wildman–Crippen LogP) is 3.57. The second kappa shape index (κ2) is 6.81. The molecule has 2 aromatic carbocycles. The minimum absolute atomic E-state index is 0.0729. The van der Waals surface area contributed by atoms with Crippen molar-refractivity contribution in [2.45, 2.75) is 30.7 Å². The van der Waals surface area contributed by atoms with Crippen LogP contribution in [0.2, 0.25) is 5.02 Å². The summed E-state index contributed by atoms with van der Waals surface area (Å²) in [5, 5.41) is 0.474. The van der Waals surface area contributed by atoms with Crippen molar-refractivity contribution in [3.63, 3.8) is 0 Å². The molecule has 1 atom stereocenters. The summed E-state index contributed by atoms with van der Waals surface area (Å²) >= 11 is 6.03. The monoisotopic (exact) mass is 377 g/mol. The summed E-state index contributed by atoms with van der Waals surface area (Å²) < 4.78 is 24.7. The Bertz CT molecular complexity index is 924. The van der Waals surface area contributed by atoms with Crippen molar-refractivity contribution < 1.29 is 13.2 Å². The van der Waals surface area contributed by atoms with Crippen LogP contribution >= 0.6 is 11.6 Å². The number of sulfone groups is 1. The highest BCUT2D eigenvalue weighted by molar-refractivity contribution is 7.91. The zero-order chi connectivity index (χ0) is 18.2. The first-order valence-electron chi connectivity index (χ1n) is 8.12. The Balaban J connectivity index is 1.78. The molecule has 1 heterocycles. The van der Waals surface area contributed by atoms with Crippen LogP contribution in [0.3, 0.4) is 0 Å². The molecule has 2 aromatic rings. The number of amides is 1. The molecular formula is C19H20ClNO3S. The molecule has 1 unspecified atom stereocenters. The van der Waals surface area contributed by atoms with Crippen molar-refractivity contribution in [2.24, 2.45) is 0 Å². The molecule has 1 aliphatic rings. The zero-order valence-corrected chi connectivity index (χ0v) is 15.8. The average Bonchev–Trinajstić information content (AvgIpc) is 2.83. The highest BCUT2D eigenvalue weighted by Crippen LogP contribution is 2.38. The summed E-state index contributed by atoms with van der Waals surface area (Å²) in [6.45, 7) is 2.02.